The second kappa shape index (κ2) is 2.82. The van der Waals surface area contributed by atoms with Crippen LogP contribution in [0.25, 0.3) is 0 Å². The minimum absolute atomic E-state index is 0.144. The summed E-state index contributed by atoms with van der Waals surface area (Å²) in [6, 6.07) is 0. The van der Waals surface area contributed by atoms with Crippen LogP contribution >= 0.6 is 0 Å². The molecular weight excluding hydrogens is 168 g/mol. The molecule has 1 fully saturated rings. The summed E-state index contributed by atoms with van der Waals surface area (Å²) in [5.41, 5.74) is 0.377. The summed E-state index contributed by atoms with van der Waals surface area (Å²) in [7, 11) is -1.34. The molecule has 3 heteroatoms. The first-order valence-corrected chi connectivity index (χ1v) is 7.65. The molecule has 1 aliphatic heterocycles. The van der Waals surface area contributed by atoms with Crippen LogP contribution in [0, 0.1) is 0 Å². The molecule has 0 spiro atoms. The molecule has 2 nitrogen and oxygen atoms in total. The normalized spacial score (nSPS) is 30.5. The molecule has 0 saturated carbocycles. The fraction of sp³-hybridized carbons (Fsp3) is 1.00. The quantitative estimate of drug-likeness (QED) is 0.529. The van der Waals surface area contributed by atoms with Crippen LogP contribution < -0.4 is 0 Å². The van der Waals surface area contributed by atoms with Gasteiger partial charge in [0.1, 0.15) is 6.10 Å². The van der Waals surface area contributed by atoms with Gasteiger partial charge in [-0.15, -0.1) is 0 Å². The molecule has 2 unspecified atom stereocenters. The van der Waals surface area contributed by atoms with E-state index in [4.69, 9.17) is 9.84 Å². The Bertz CT molecular complexity index is 172. The van der Waals surface area contributed by atoms with E-state index in [-0.39, 0.29) is 12.7 Å². The summed E-state index contributed by atoms with van der Waals surface area (Å²) in [6.07, 6.45) is 0.144. The third-order valence-corrected chi connectivity index (χ3v) is 9.20. The first-order valence-electron chi connectivity index (χ1n) is 4.57. The molecule has 1 aliphatic rings. The number of rotatable bonds is 2. The zero-order chi connectivity index (χ0) is 9.57. The molecule has 1 rings (SSSR count). The molecular formula is C9H20O2Si. The lowest BCUT2D eigenvalue weighted by Crippen LogP contribution is -2.44. The van der Waals surface area contributed by atoms with Gasteiger partial charge in [-0.3, -0.25) is 0 Å². The molecule has 2 atom stereocenters. The smallest absolute Gasteiger partial charge is 0.104 e. The minimum atomic E-state index is -1.34. The van der Waals surface area contributed by atoms with Crippen molar-refractivity contribution >= 4 is 8.07 Å². The van der Waals surface area contributed by atoms with Crippen molar-refractivity contribution in [3.05, 3.63) is 0 Å². The maximum Gasteiger partial charge on any atom is 0.104 e. The van der Waals surface area contributed by atoms with Crippen LogP contribution in [0.2, 0.25) is 18.1 Å². The highest BCUT2D eigenvalue weighted by atomic mass is 28.3. The third kappa shape index (κ3) is 1.58. The lowest BCUT2D eigenvalue weighted by molar-refractivity contribution is 0.243. The predicted molar refractivity (Wildman–Crippen MR) is 52.9 cm³/mol. The highest BCUT2D eigenvalue weighted by Gasteiger charge is 2.55. The Kier molecular flexibility index (Phi) is 2.40. The van der Waals surface area contributed by atoms with Crippen molar-refractivity contribution in [3.8, 4) is 0 Å². The summed E-state index contributed by atoms with van der Waals surface area (Å²) in [4.78, 5) is 0. The van der Waals surface area contributed by atoms with Crippen molar-refractivity contribution in [1.82, 2.24) is 0 Å². The van der Waals surface area contributed by atoms with Crippen molar-refractivity contribution < 1.29 is 9.84 Å². The highest BCUT2D eigenvalue weighted by molar-refractivity contribution is 6.82. The number of hydrogen-bond acceptors (Lipinski definition) is 2. The fourth-order valence-electron chi connectivity index (χ4n) is 1.34. The highest BCUT2D eigenvalue weighted by Crippen LogP contribution is 2.45. The summed E-state index contributed by atoms with van der Waals surface area (Å²) < 4.78 is 5.47. The van der Waals surface area contributed by atoms with E-state index in [9.17, 15) is 0 Å². The van der Waals surface area contributed by atoms with E-state index in [0.29, 0.717) is 10.8 Å². The Balaban J connectivity index is 2.62. The van der Waals surface area contributed by atoms with E-state index in [1.807, 2.05) is 0 Å². The number of hydrogen-bond donors (Lipinski definition) is 1. The number of aliphatic hydroxyl groups is 1. The van der Waals surface area contributed by atoms with E-state index in [1.54, 1.807) is 0 Å². The number of ether oxygens (including phenoxy) is 1. The summed E-state index contributed by atoms with van der Waals surface area (Å²) >= 11 is 0. The molecule has 12 heavy (non-hydrogen) atoms. The van der Waals surface area contributed by atoms with E-state index in [2.05, 4.69) is 33.9 Å². The van der Waals surface area contributed by atoms with Crippen LogP contribution in [0.1, 0.15) is 20.8 Å². The van der Waals surface area contributed by atoms with Gasteiger partial charge in [0.2, 0.25) is 0 Å². The van der Waals surface area contributed by atoms with Gasteiger partial charge in [0.05, 0.1) is 20.4 Å². The first-order chi connectivity index (χ1) is 5.30. The Hall–Kier alpha value is 0.137. The molecule has 0 amide bonds. The molecule has 0 aromatic rings. The second-order valence-electron chi connectivity index (χ2n) is 5.25. The molecule has 72 valence electrons. The van der Waals surface area contributed by atoms with Gasteiger partial charge in [0.25, 0.3) is 0 Å². The Morgan fingerprint density at radius 3 is 2.08 bits per heavy atom. The second-order valence-corrected chi connectivity index (χ2v) is 10.8. The molecule has 1 saturated heterocycles. The SMILES string of the molecule is CC(C)(C)[Si](C)(C)C1OC1CO. The van der Waals surface area contributed by atoms with Gasteiger partial charge in [0.15, 0.2) is 0 Å². The van der Waals surface area contributed by atoms with E-state index in [0.717, 1.165) is 0 Å². The van der Waals surface area contributed by atoms with Gasteiger partial charge in [-0.1, -0.05) is 33.9 Å². The van der Waals surface area contributed by atoms with Crippen LogP contribution in [0.4, 0.5) is 0 Å². The van der Waals surface area contributed by atoms with Gasteiger partial charge in [-0.25, -0.2) is 0 Å². The Morgan fingerprint density at radius 1 is 1.33 bits per heavy atom. The summed E-state index contributed by atoms with van der Waals surface area (Å²) in [5, 5.41) is 9.27. The molecule has 0 aromatic carbocycles. The minimum Gasteiger partial charge on any atom is -0.394 e. The Labute approximate surface area is 75.9 Å². The molecule has 1 N–H and O–H groups in total. The lowest BCUT2D eigenvalue weighted by Gasteiger charge is -2.35. The van der Waals surface area contributed by atoms with E-state index >= 15 is 0 Å². The zero-order valence-corrected chi connectivity index (χ0v) is 9.72. The maximum atomic E-state index is 8.90. The van der Waals surface area contributed by atoms with E-state index in [1.165, 1.54) is 0 Å². The van der Waals surface area contributed by atoms with Crippen molar-refractivity contribution in [1.29, 1.82) is 0 Å². The van der Waals surface area contributed by atoms with Gasteiger partial charge in [0, 0.05) is 0 Å². The van der Waals surface area contributed by atoms with Gasteiger partial charge < -0.3 is 9.84 Å². The molecule has 0 aliphatic carbocycles. The number of aliphatic hydroxyl groups excluding tert-OH is 1. The summed E-state index contributed by atoms with van der Waals surface area (Å²) in [6.45, 7) is 11.7. The first kappa shape index (κ1) is 10.2. The molecule has 0 bridgehead atoms. The Morgan fingerprint density at radius 2 is 1.83 bits per heavy atom. The molecule has 0 aromatic heterocycles. The lowest BCUT2D eigenvalue weighted by atomic mass is 10.2. The van der Waals surface area contributed by atoms with Crippen molar-refractivity contribution in [3.63, 3.8) is 0 Å². The average Bonchev–Trinajstić information content (AvgIpc) is 2.62. The van der Waals surface area contributed by atoms with Crippen molar-refractivity contribution in [2.75, 3.05) is 6.61 Å². The van der Waals surface area contributed by atoms with Gasteiger partial charge in [-0.05, 0) is 5.04 Å². The van der Waals surface area contributed by atoms with Crippen LogP contribution in [-0.2, 0) is 4.74 Å². The van der Waals surface area contributed by atoms with Crippen molar-refractivity contribution in [2.24, 2.45) is 0 Å². The van der Waals surface area contributed by atoms with Gasteiger partial charge >= 0.3 is 0 Å². The van der Waals surface area contributed by atoms with Gasteiger partial charge in [-0.2, -0.15) is 0 Å². The molecule has 0 radical (unpaired) electrons. The maximum absolute atomic E-state index is 8.90. The van der Waals surface area contributed by atoms with Crippen LogP contribution in [-0.4, -0.2) is 31.6 Å². The van der Waals surface area contributed by atoms with Crippen molar-refractivity contribution in [2.45, 2.75) is 50.7 Å². The summed E-state index contributed by atoms with van der Waals surface area (Å²) in [5.74, 6) is 0. The predicted octanol–water partition coefficient (Wildman–Crippen LogP) is 1.79. The average molecular weight is 188 g/mol. The fourth-order valence-corrected chi connectivity index (χ4v) is 3.75. The number of epoxide rings is 1. The largest absolute Gasteiger partial charge is 0.394 e. The third-order valence-electron chi connectivity index (χ3n) is 3.41. The topological polar surface area (TPSA) is 32.8 Å². The monoisotopic (exact) mass is 188 g/mol. The van der Waals surface area contributed by atoms with E-state index < -0.39 is 8.07 Å². The van der Waals surface area contributed by atoms with Crippen LogP contribution in [0.3, 0.4) is 0 Å². The zero-order valence-electron chi connectivity index (χ0n) is 8.72. The van der Waals surface area contributed by atoms with Crippen LogP contribution in [0.5, 0.6) is 0 Å². The van der Waals surface area contributed by atoms with Crippen LogP contribution in [0.15, 0.2) is 0 Å². The molecule has 1 heterocycles. The standard InChI is InChI=1S/C9H20O2Si/c1-9(2,3)12(4,5)8-7(6-10)11-8/h7-8,10H,6H2,1-5H3.